The molecule has 4 rings (SSSR count). The summed E-state index contributed by atoms with van der Waals surface area (Å²) in [6, 6.07) is 4.10. The number of carbonyl (C=O) groups excluding carboxylic acids is 2. The molecule has 22 heavy (non-hydrogen) atoms. The highest BCUT2D eigenvalue weighted by Crippen LogP contribution is 2.40. The van der Waals surface area contributed by atoms with Crippen molar-refractivity contribution in [3.8, 4) is 5.75 Å². The van der Waals surface area contributed by atoms with Crippen LogP contribution >= 0.6 is 0 Å². The first-order chi connectivity index (χ1) is 10.6. The number of nitrogens with zero attached hydrogens (tertiary/aromatic N) is 2. The second-order valence-corrected chi connectivity index (χ2v) is 5.54. The van der Waals surface area contributed by atoms with Crippen LogP contribution in [0, 0.1) is 0 Å². The van der Waals surface area contributed by atoms with E-state index in [1.165, 1.54) is 17.0 Å². The SMILES string of the molecule is C=C1CCC(N2C(=O)c3cc(O)cc4nccc2c34)C(=O)N1. The number of amides is 2. The maximum Gasteiger partial charge on any atom is 0.259 e. The minimum absolute atomic E-state index is 0.0103. The minimum atomic E-state index is -0.571. The summed E-state index contributed by atoms with van der Waals surface area (Å²) in [7, 11) is 0. The lowest BCUT2D eigenvalue weighted by molar-refractivity contribution is -0.122. The van der Waals surface area contributed by atoms with Gasteiger partial charge in [0.25, 0.3) is 5.91 Å². The predicted octanol–water partition coefficient (Wildman–Crippen LogP) is 1.69. The molecule has 2 amide bonds. The first-order valence-electron chi connectivity index (χ1n) is 7.00. The van der Waals surface area contributed by atoms with Crippen molar-refractivity contribution >= 4 is 28.4 Å². The highest BCUT2D eigenvalue weighted by Gasteiger charge is 2.40. The van der Waals surface area contributed by atoms with Crippen molar-refractivity contribution in [2.24, 2.45) is 0 Å². The van der Waals surface area contributed by atoms with Crippen LogP contribution in [0.2, 0.25) is 0 Å². The molecule has 6 nitrogen and oxygen atoms in total. The van der Waals surface area contributed by atoms with Gasteiger partial charge in [-0.2, -0.15) is 0 Å². The van der Waals surface area contributed by atoms with E-state index >= 15 is 0 Å². The molecular formula is C16H13N3O3. The fourth-order valence-corrected chi connectivity index (χ4v) is 3.18. The summed E-state index contributed by atoms with van der Waals surface area (Å²) in [6.07, 6.45) is 2.74. The van der Waals surface area contributed by atoms with Crippen molar-refractivity contribution in [1.82, 2.24) is 10.3 Å². The number of allylic oxidation sites excluding steroid dienone is 1. The van der Waals surface area contributed by atoms with Crippen molar-refractivity contribution in [1.29, 1.82) is 0 Å². The van der Waals surface area contributed by atoms with Crippen LogP contribution in [-0.2, 0) is 4.79 Å². The van der Waals surface area contributed by atoms with E-state index in [1.807, 2.05) is 0 Å². The number of phenolic OH excluding ortho intramolecular Hbond substituents is 1. The van der Waals surface area contributed by atoms with Gasteiger partial charge in [0.1, 0.15) is 11.8 Å². The number of nitrogens with one attached hydrogen (secondary N) is 1. The van der Waals surface area contributed by atoms with Gasteiger partial charge < -0.3 is 10.4 Å². The Morgan fingerprint density at radius 1 is 1.36 bits per heavy atom. The Hall–Kier alpha value is -2.89. The molecule has 1 unspecified atom stereocenters. The van der Waals surface area contributed by atoms with Gasteiger partial charge in [0.15, 0.2) is 0 Å². The predicted molar refractivity (Wildman–Crippen MR) is 80.5 cm³/mol. The summed E-state index contributed by atoms with van der Waals surface area (Å²) >= 11 is 0. The standard InChI is InChI=1S/C16H13N3O3/c1-8-2-3-13(15(21)18-8)19-12-4-5-17-11-7-9(20)6-10(14(11)12)16(19)22/h4-7,13,20H,1-3H2,(H,18,21). The van der Waals surface area contributed by atoms with Crippen LogP contribution in [0.4, 0.5) is 5.69 Å². The van der Waals surface area contributed by atoms with E-state index in [2.05, 4.69) is 16.9 Å². The molecule has 1 saturated heterocycles. The molecule has 0 radical (unpaired) electrons. The van der Waals surface area contributed by atoms with E-state index in [-0.39, 0.29) is 17.6 Å². The van der Waals surface area contributed by atoms with Crippen molar-refractivity contribution in [2.45, 2.75) is 18.9 Å². The number of carbonyl (C=O) groups is 2. The van der Waals surface area contributed by atoms with E-state index in [0.29, 0.717) is 40.7 Å². The summed E-state index contributed by atoms with van der Waals surface area (Å²) in [4.78, 5) is 30.7. The second kappa shape index (κ2) is 4.30. The Balaban J connectivity index is 1.88. The molecule has 1 aromatic heterocycles. The molecule has 3 heterocycles. The Morgan fingerprint density at radius 2 is 2.18 bits per heavy atom. The molecule has 0 aliphatic carbocycles. The van der Waals surface area contributed by atoms with Crippen LogP contribution in [0.15, 0.2) is 36.7 Å². The molecule has 1 aromatic carbocycles. The van der Waals surface area contributed by atoms with Gasteiger partial charge in [-0.25, -0.2) is 0 Å². The fraction of sp³-hybridized carbons (Fsp3) is 0.188. The largest absolute Gasteiger partial charge is 0.508 e. The number of hydrogen-bond donors (Lipinski definition) is 2. The maximum atomic E-state index is 12.7. The van der Waals surface area contributed by atoms with E-state index < -0.39 is 6.04 Å². The normalized spacial score (nSPS) is 20.6. The van der Waals surface area contributed by atoms with E-state index in [4.69, 9.17) is 0 Å². The van der Waals surface area contributed by atoms with Gasteiger partial charge >= 0.3 is 0 Å². The van der Waals surface area contributed by atoms with Crippen LogP contribution < -0.4 is 10.2 Å². The van der Waals surface area contributed by atoms with Crippen molar-refractivity contribution in [2.75, 3.05) is 4.90 Å². The average molecular weight is 295 g/mol. The van der Waals surface area contributed by atoms with Gasteiger partial charge in [-0.15, -0.1) is 0 Å². The summed E-state index contributed by atoms with van der Waals surface area (Å²) in [5.74, 6) is -0.521. The zero-order valence-corrected chi connectivity index (χ0v) is 11.7. The van der Waals surface area contributed by atoms with E-state index in [0.717, 1.165) is 0 Å². The first-order valence-corrected chi connectivity index (χ1v) is 7.00. The lowest BCUT2D eigenvalue weighted by Crippen LogP contribution is -2.51. The van der Waals surface area contributed by atoms with E-state index in [1.54, 1.807) is 12.3 Å². The molecular weight excluding hydrogens is 282 g/mol. The Bertz CT molecular complexity index is 859. The number of aromatic nitrogens is 1. The zero-order valence-electron chi connectivity index (χ0n) is 11.7. The lowest BCUT2D eigenvalue weighted by atomic mass is 10.0. The van der Waals surface area contributed by atoms with Gasteiger partial charge in [-0.3, -0.25) is 19.5 Å². The van der Waals surface area contributed by atoms with Crippen LogP contribution in [0.5, 0.6) is 5.75 Å². The van der Waals surface area contributed by atoms with Crippen LogP contribution in [0.3, 0.4) is 0 Å². The van der Waals surface area contributed by atoms with Gasteiger partial charge in [0.2, 0.25) is 5.91 Å². The third-order valence-electron chi connectivity index (χ3n) is 4.15. The average Bonchev–Trinajstić information content (AvgIpc) is 2.74. The Morgan fingerprint density at radius 3 is 2.95 bits per heavy atom. The molecule has 2 aliphatic rings. The van der Waals surface area contributed by atoms with Crippen LogP contribution in [-0.4, -0.2) is 27.9 Å². The molecule has 2 aliphatic heterocycles. The number of phenols is 1. The van der Waals surface area contributed by atoms with Crippen LogP contribution in [0.25, 0.3) is 10.9 Å². The number of benzene rings is 1. The van der Waals surface area contributed by atoms with Crippen molar-refractivity contribution < 1.29 is 14.7 Å². The van der Waals surface area contributed by atoms with E-state index in [9.17, 15) is 14.7 Å². The molecule has 1 fully saturated rings. The molecule has 0 bridgehead atoms. The Labute approximate surface area is 126 Å². The third-order valence-corrected chi connectivity index (χ3v) is 4.15. The van der Waals surface area contributed by atoms with Gasteiger partial charge in [0.05, 0.1) is 16.8 Å². The van der Waals surface area contributed by atoms with Crippen molar-refractivity contribution in [3.63, 3.8) is 0 Å². The quantitative estimate of drug-likeness (QED) is 0.838. The first kappa shape index (κ1) is 12.8. The number of pyridine rings is 1. The smallest absolute Gasteiger partial charge is 0.259 e. The Kier molecular flexibility index (Phi) is 2.51. The van der Waals surface area contributed by atoms with Gasteiger partial charge in [-0.05, 0) is 25.0 Å². The fourth-order valence-electron chi connectivity index (χ4n) is 3.18. The summed E-state index contributed by atoms with van der Waals surface area (Å²) in [5.41, 5.74) is 2.26. The number of piperidine rings is 1. The van der Waals surface area contributed by atoms with Crippen molar-refractivity contribution in [3.05, 3.63) is 42.2 Å². The molecule has 1 atom stereocenters. The molecule has 110 valence electrons. The number of aromatic hydroxyl groups is 1. The molecule has 6 heteroatoms. The zero-order chi connectivity index (χ0) is 15.4. The third kappa shape index (κ3) is 1.64. The molecule has 2 N–H and O–H groups in total. The lowest BCUT2D eigenvalue weighted by Gasteiger charge is -2.31. The molecule has 0 saturated carbocycles. The number of hydrogen-bond acceptors (Lipinski definition) is 4. The number of rotatable bonds is 1. The van der Waals surface area contributed by atoms with Crippen LogP contribution in [0.1, 0.15) is 23.2 Å². The maximum absolute atomic E-state index is 12.7. The highest BCUT2D eigenvalue weighted by molar-refractivity contribution is 6.26. The summed E-state index contributed by atoms with van der Waals surface area (Å²) in [6.45, 7) is 3.76. The summed E-state index contributed by atoms with van der Waals surface area (Å²) in [5, 5.41) is 13.2. The van der Waals surface area contributed by atoms with Gasteiger partial charge in [0, 0.05) is 23.3 Å². The monoisotopic (exact) mass is 295 g/mol. The number of anilines is 1. The topological polar surface area (TPSA) is 82.5 Å². The van der Waals surface area contributed by atoms with Gasteiger partial charge in [-0.1, -0.05) is 6.58 Å². The minimum Gasteiger partial charge on any atom is -0.508 e. The molecule has 2 aromatic rings. The highest BCUT2D eigenvalue weighted by atomic mass is 16.3. The second-order valence-electron chi connectivity index (χ2n) is 5.54. The molecule has 0 spiro atoms. The summed E-state index contributed by atoms with van der Waals surface area (Å²) < 4.78 is 0.